The first-order chi connectivity index (χ1) is 17.5. The second kappa shape index (κ2) is 9.53. The lowest BCUT2D eigenvalue weighted by Gasteiger charge is -2.34. The van der Waals surface area contributed by atoms with Crippen LogP contribution in [0.2, 0.25) is 0 Å². The predicted octanol–water partition coefficient (Wildman–Crippen LogP) is 2.26. The molecule has 1 aromatic carbocycles. The number of aromatic nitrogens is 2. The summed E-state index contributed by atoms with van der Waals surface area (Å²) in [7, 11) is -2.13. The van der Waals surface area contributed by atoms with Gasteiger partial charge in [-0.2, -0.15) is 10.4 Å². The summed E-state index contributed by atoms with van der Waals surface area (Å²) in [6.07, 6.45) is 1.23. The van der Waals surface area contributed by atoms with E-state index in [1.54, 1.807) is 31.3 Å². The fourth-order valence-electron chi connectivity index (χ4n) is 4.74. The summed E-state index contributed by atoms with van der Waals surface area (Å²) in [5.41, 5.74) is 11.0. The van der Waals surface area contributed by atoms with Crippen LogP contribution in [0.1, 0.15) is 64.4 Å². The molecule has 0 bridgehead atoms. The summed E-state index contributed by atoms with van der Waals surface area (Å²) >= 11 is 0. The lowest BCUT2D eigenvalue weighted by atomic mass is 10.0. The maximum atomic E-state index is 13.4. The Kier molecular flexibility index (Phi) is 6.75. The number of carbonyl (C=O) groups is 2. The standard InChI is InChI=1S/C24H28N8O4S/c1-23(2,14-28-30-26)37(35,36)24(9-10-24)15-32-11-8-18-19(29-31(3)20(18)22(32)34)21(33)27-13-17-6-4-16(12-25)5-7-17/h4-7H,8-11,13-15H2,1-3H3,(H,27,33). The molecule has 1 aliphatic heterocycles. The van der Waals surface area contributed by atoms with Crippen molar-refractivity contribution in [2.75, 3.05) is 19.6 Å². The molecule has 0 radical (unpaired) electrons. The van der Waals surface area contributed by atoms with E-state index in [-0.39, 0.29) is 43.5 Å². The molecule has 13 heteroatoms. The highest BCUT2D eigenvalue weighted by Gasteiger charge is 2.60. The van der Waals surface area contributed by atoms with Gasteiger partial charge in [-0.25, -0.2) is 8.42 Å². The van der Waals surface area contributed by atoms with Gasteiger partial charge >= 0.3 is 0 Å². The summed E-state index contributed by atoms with van der Waals surface area (Å²) < 4.78 is 25.9. The van der Waals surface area contributed by atoms with Crippen molar-refractivity contribution >= 4 is 21.7 Å². The van der Waals surface area contributed by atoms with Crippen LogP contribution in [0, 0.1) is 11.3 Å². The topological polar surface area (TPSA) is 174 Å². The minimum atomic E-state index is -3.72. The van der Waals surface area contributed by atoms with Crippen molar-refractivity contribution in [1.29, 1.82) is 5.26 Å². The Morgan fingerprint density at radius 1 is 1.32 bits per heavy atom. The molecule has 2 heterocycles. The van der Waals surface area contributed by atoms with E-state index in [2.05, 4.69) is 20.4 Å². The number of hydrogen-bond donors (Lipinski definition) is 1. The average molecular weight is 525 g/mol. The van der Waals surface area contributed by atoms with E-state index in [4.69, 9.17) is 10.8 Å². The van der Waals surface area contributed by atoms with Crippen LogP contribution in [0.5, 0.6) is 0 Å². The van der Waals surface area contributed by atoms with E-state index in [9.17, 15) is 18.0 Å². The van der Waals surface area contributed by atoms with Gasteiger partial charge < -0.3 is 10.2 Å². The summed E-state index contributed by atoms with van der Waals surface area (Å²) in [6.45, 7) is 3.44. The maximum absolute atomic E-state index is 13.4. The molecule has 2 aliphatic rings. The molecule has 2 amide bonds. The number of azide groups is 1. The van der Waals surface area contributed by atoms with Crippen LogP contribution in [0.15, 0.2) is 29.4 Å². The summed E-state index contributed by atoms with van der Waals surface area (Å²) in [4.78, 5) is 30.5. The monoisotopic (exact) mass is 524 g/mol. The van der Waals surface area contributed by atoms with Gasteiger partial charge in [-0.3, -0.25) is 14.3 Å². The molecular weight excluding hydrogens is 496 g/mol. The quantitative estimate of drug-likeness (QED) is 0.299. The number of carbonyl (C=O) groups excluding carboxylic acids is 2. The third-order valence-electron chi connectivity index (χ3n) is 7.12. The number of amides is 2. The van der Waals surface area contributed by atoms with Gasteiger partial charge in [0.2, 0.25) is 0 Å². The van der Waals surface area contributed by atoms with Crippen LogP contribution in [0.3, 0.4) is 0 Å². The van der Waals surface area contributed by atoms with Gasteiger partial charge in [0, 0.05) is 43.7 Å². The van der Waals surface area contributed by atoms with Crippen molar-refractivity contribution in [3.63, 3.8) is 0 Å². The largest absolute Gasteiger partial charge is 0.347 e. The summed E-state index contributed by atoms with van der Waals surface area (Å²) in [5, 5.41) is 19.5. The molecule has 4 rings (SSSR count). The Morgan fingerprint density at radius 3 is 2.59 bits per heavy atom. The van der Waals surface area contributed by atoms with Crippen LogP contribution in [0.25, 0.3) is 10.4 Å². The third-order valence-corrected chi connectivity index (χ3v) is 10.4. The van der Waals surface area contributed by atoms with Crippen molar-refractivity contribution in [2.45, 2.75) is 49.1 Å². The van der Waals surface area contributed by atoms with Crippen LogP contribution in [-0.4, -0.2) is 64.0 Å². The van der Waals surface area contributed by atoms with E-state index in [0.717, 1.165) is 5.56 Å². The Balaban J connectivity index is 1.49. The van der Waals surface area contributed by atoms with Gasteiger partial charge in [-0.05, 0) is 56.3 Å². The minimum Gasteiger partial charge on any atom is -0.347 e. The fraction of sp³-hybridized carbons (Fsp3) is 0.500. The lowest BCUT2D eigenvalue weighted by molar-refractivity contribution is 0.0724. The molecule has 2 aromatic rings. The second-order valence-corrected chi connectivity index (χ2v) is 13.1. The molecule has 1 aliphatic carbocycles. The molecule has 1 saturated carbocycles. The van der Waals surface area contributed by atoms with Gasteiger partial charge in [-0.15, -0.1) is 0 Å². The number of sulfone groups is 1. The Bertz CT molecular complexity index is 1440. The molecule has 194 valence electrons. The molecular formula is C24H28N8O4S. The van der Waals surface area contributed by atoms with E-state index in [1.165, 1.54) is 23.4 Å². The van der Waals surface area contributed by atoms with Gasteiger partial charge in [-0.1, -0.05) is 17.2 Å². The van der Waals surface area contributed by atoms with Crippen molar-refractivity contribution in [3.05, 3.63) is 62.8 Å². The zero-order chi connectivity index (χ0) is 27.0. The highest BCUT2D eigenvalue weighted by atomic mass is 32.2. The smallest absolute Gasteiger partial charge is 0.272 e. The molecule has 0 spiro atoms. The van der Waals surface area contributed by atoms with Crippen LogP contribution < -0.4 is 5.32 Å². The molecule has 1 fully saturated rings. The molecule has 37 heavy (non-hydrogen) atoms. The normalized spacial score (nSPS) is 16.4. The summed E-state index contributed by atoms with van der Waals surface area (Å²) in [5.74, 6) is -0.778. The van der Waals surface area contributed by atoms with Gasteiger partial charge in [0.15, 0.2) is 15.5 Å². The van der Waals surface area contributed by atoms with Crippen LogP contribution in [0.4, 0.5) is 0 Å². The number of fused-ring (bicyclic) bond motifs is 1. The Labute approximate surface area is 214 Å². The van der Waals surface area contributed by atoms with Crippen molar-refractivity contribution < 1.29 is 18.0 Å². The van der Waals surface area contributed by atoms with Gasteiger partial charge in [0.05, 0.1) is 21.1 Å². The van der Waals surface area contributed by atoms with Crippen LogP contribution >= 0.6 is 0 Å². The van der Waals surface area contributed by atoms with Crippen molar-refractivity contribution in [3.8, 4) is 6.07 Å². The number of benzene rings is 1. The maximum Gasteiger partial charge on any atom is 0.272 e. The van der Waals surface area contributed by atoms with E-state index in [1.807, 2.05) is 6.07 Å². The minimum absolute atomic E-state index is 0.0404. The molecule has 12 nitrogen and oxygen atoms in total. The zero-order valence-corrected chi connectivity index (χ0v) is 21.7. The third kappa shape index (κ3) is 4.65. The number of rotatable bonds is 9. The number of nitrogens with one attached hydrogen (secondary N) is 1. The van der Waals surface area contributed by atoms with Crippen LogP contribution in [-0.2, 0) is 29.9 Å². The first kappa shape index (κ1) is 26.2. The molecule has 0 atom stereocenters. The van der Waals surface area contributed by atoms with Crippen molar-refractivity contribution in [1.82, 2.24) is 20.0 Å². The SMILES string of the molecule is Cn1nc(C(=O)NCc2ccc(C#N)cc2)c2c1C(=O)N(CC1(S(=O)(=O)C(C)(C)CN=[N+]=[N-])CC1)CC2. The highest BCUT2D eigenvalue weighted by Crippen LogP contribution is 2.49. The zero-order valence-electron chi connectivity index (χ0n) is 20.9. The number of nitrogens with zero attached hydrogens (tertiary/aromatic N) is 7. The predicted molar refractivity (Wildman–Crippen MR) is 134 cm³/mol. The van der Waals surface area contributed by atoms with Gasteiger partial charge in [0.1, 0.15) is 5.69 Å². The average Bonchev–Trinajstić information content (AvgIpc) is 3.59. The highest BCUT2D eigenvalue weighted by molar-refractivity contribution is 7.94. The van der Waals surface area contributed by atoms with E-state index < -0.39 is 25.2 Å². The van der Waals surface area contributed by atoms with Crippen molar-refractivity contribution in [2.24, 2.45) is 12.2 Å². The number of nitriles is 1. The molecule has 1 aromatic heterocycles. The first-order valence-electron chi connectivity index (χ1n) is 11.8. The summed E-state index contributed by atoms with van der Waals surface area (Å²) in [6, 6.07) is 8.89. The first-order valence-corrected chi connectivity index (χ1v) is 13.3. The number of aryl methyl sites for hydroxylation is 1. The lowest BCUT2D eigenvalue weighted by Crippen LogP contribution is -2.51. The number of hydrogen-bond acceptors (Lipinski definition) is 7. The fourth-order valence-corrected chi connectivity index (χ4v) is 7.10. The van der Waals surface area contributed by atoms with E-state index >= 15 is 0 Å². The Morgan fingerprint density at radius 2 is 2.00 bits per heavy atom. The van der Waals surface area contributed by atoms with E-state index in [0.29, 0.717) is 30.4 Å². The molecule has 0 unspecified atom stereocenters. The second-order valence-electron chi connectivity index (χ2n) is 10.1. The molecule has 0 saturated heterocycles. The molecule has 1 N–H and O–H groups in total. The Hall–Kier alpha value is -3.88. The van der Waals surface area contributed by atoms with Gasteiger partial charge in [0.25, 0.3) is 11.8 Å².